The number of nitrogens with one attached hydrogen (secondary N) is 2. The van der Waals surface area contributed by atoms with Crippen LogP contribution in [0.1, 0.15) is 63.1 Å². The van der Waals surface area contributed by atoms with Gasteiger partial charge in [0.25, 0.3) is 5.91 Å². The molecule has 0 aliphatic rings. The third-order valence-corrected chi connectivity index (χ3v) is 8.96. The number of thioether (sulfide) groups is 1. The van der Waals surface area contributed by atoms with Crippen molar-refractivity contribution in [3.63, 3.8) is 0 Å². The van der Waals surface area contributed by atoms with Crippen molar-refractivity contribution in [1.29, 1.82) is 0 Å². The highest BCUT2D eigenvalue weighted by molar-refractivity contribution is 7.99. The predicted molar refractivity (Wildman–Crippen MR) is 144 cm³/mol. The number of hydrogen-bond donors (Lipinski definition) is 2. The van der Waals surface area contributed by atoms with Crippen molar-refractivity contribution in [2.45, 2.75) is 57.5 Å². The van der Waals surface area contributed by atoms with Gasteiger partial charge in [-0.15, -0.1) is 33.3 Å². The number of amides is 1. The first-order chi connectivity index (χ1) is 17.8. The largest absolute Gasteiger partial charge is 0.416 e. The molecular weight excluding hydrogens is 531 g/mol. The van der Waals surface area contributed by atoms with Crippen LogP contribution in [0, 0.1) is 19.3 Å². The zero-order valence-electron chi connectivity index (χ0n) is 21.6. The molecule has 1 atom stereocenters. The standard InChI is InChI=1S/C27H28F3N5OS2/c1-15-12-19(13-16(2)23(15)17-6-8-18(9-7-17)27(28,29)30)37-24(26(3,4)5)20-10-11-21(38-20)25(36)31-14-22-32-34-35-33-22/h6-13,24H,14H2,1-5H3,(H,31,36)(H,32,33,34,35)/t24-/m0/s1. The summed E-state index contributed by atoms with van der Waals surface area (Å²) in [4.78, 5) is 15.4. The van der Waals surface area contributed by atoms with E-state index in [0.717, 1.165) is 44.2 Å². The number of halogens is 3. The second kappa shape index (κ2) is 10.9. The number of carbonyl (C=O) groups excluding carboxylic acids is 1. The molecule has 4 rings (SSSR count). The Kier molecular flexibility index (Phi) is 7.98. The van der Waals surface area contributed by atoms with Crippen molar-refractivity contribution in [1.82, 2.24) is 25.9 Å². The summed E-state index contributed by atoms with van der Waals surface area (Å²) >= 11 is 3.18. The molecule has 200 valence electrons. The first-order valence-electron chi connectivity index (χ1n) is 11.9. The number of aromatic nitrogens is 4. The van der Waals surface area contributed by atoms with E-state index in [2.05, 4.69) is 58.8 Å². The van der Waals surface area contributed by atoms with E-state index in [4.69, 9.17) is 0 Å². The van der Waals surface area contributed by atoms with E-state index in [-0.39, 0.29) is 23.1 Å². The van der Waals surface area contributed by atoms with Crippen molar-refractivity contribution >= 4 is 29.0 Å². The van der Waals surface area contributed by atoms with Gasteiger partial charge in [0.2, 0.25) is 0 Å². The van der Waals surface area contributed by atoms with E-state index in [1.807, 2.05) is 26.0 Å². The zero-order chi connectivity index (χ0) is 27.7. The Bertz CT molecular complexity index is 1380. The van der Waals surface area contributed by atoms with Gasteiger partial charge in [0.1, 0.15) is 0 Å². The lowest BCUT2D eigenvalue weighted by atomic mass is 9.91. The maximum atomic E-state index is 13.0. The number of alkyl halides is 3. The SMILES string of the molecule is Cc1cc(S[C@@H](c2ccc(C(=O)NCc3nn[nH]n3)s2)C(C)(C)C)cc(C)c1-c1ccc(C(F)(F)F)cc1. The van der Waals surface area contributed by atoms with Crippen molar-refractivity contribution in [3.8, 4) is 11.1 Å². The number of tetrazole rings is 1. The summed E-state index contributed by atoms with van der Waals surface area (Å²) < 4.78 is 39.0. The molecule has 2 aromatic heterocycles. The van der Waals surface area contributed by atoms with Crippen LogP contribution in [0.25, 0.3) is 11.1 Å². The van der Waals surface area contributed by atoms with E-state index < -0.39 is 11.7 Å². The molecular formula is C27H28F3N5OS2. The number of aromatic amines is 1. The lowest BCUT2D eigenvalue weighted by molar-refractivity contribution is -0.137. The fourth-order valence-corrected chi connectivity index (χ4v) is 6.94. The summed E-state index contributed by atoms with van der Waals surface area (Å²) in [5.74, 6) is 0.208. The van der Waals surface area contributed by atoms with Crippen LogP contribution in [0.4, 0.5) is 13.2 Å². The molecule has 2 N–H and O–H groups in total. The molecule has 38 heavy (non-hydrogen) atoms. The maximum Gasteiger partial charge on any atom is 0.416 e. The van der Waals surface area contributed by atoms with Crippen molar-refractivity contribution in [3.05, 3.63) is 80.8 Å². The maximum absolute atomic E-state index is 13.0. The summed E-state index contributed by atoms with van der Waals surface area (Å²) in [7, 11) is 0. The molecule has 11 heteroatoms. The Morgan fingerprint density at radius 1 is 1.05 bits per heavy atom. The van der Waals surface area contributed by atoms with Crippen LogP contribution in [0.2, 0.25) is 0 Å². The molecule has 2 aromatic carbocycles. The second-order valence-electron chi connectivity index (χ2n) is 10.1. The Labute approximate surface area is 227 Å². The highest BCUT2D eigenvalue weighted by atomic mass is 32.2. The molecule has 0 aliphatic heterocycles. The number of carbonyl (C=O) groups is 1. The lowest BCUT2D eigenvalue weighted by Gasteiger charge is -2.30. The van der Waals surface area contributed by atoms with E-state index in [0.29, 0.717) is 10.7 Å². The van der Waals surface area contributed by atoms with Gasteiger partial charge in [-0.2, -0.15) is 18.4 Å². The van der Waals surface area contributed by atoms with Gasteiger partial charge in [0.05, 0.1) is 17.0 Å². The average Bonchev–Trinajstić information content (AvgIpc) is 3.52. The highest BCUT2D eigenvalue weighted by Crippen LogP contribution is 2.50. The summed E-state index contributed by atoms with van der Waals surface area (Å²) in [5.41, 5.74) is 2.91. The number of benzene rings is 2. The molecule has 6 nitrogen and oxygen atoms in total. The molecule has 4 aromatic rings. The molecule has 2 heterocycles. The van der Waals surface area contributed by atoms with Gasteiger partial charge in [0.15, 0.2) is 5.82 Å². The van der Waals surface area contributed by atoms with Crippen LogP contribution < -0.4 is 5.32 Å². The van der Waals surface area contributed by atoms with Gasteiger partial charge < -0.3 is 5.32 Å². The summed E-state index contributed by atoms with van der Waals surface area (Å²) in [6.07, 6.45) is -4.36. The number of nitrogens with zero attached hydrogens (tertiary/aromatic N) is 3. The van der Waals surface area contributed by atoms with E-state index in [1.54, 1.807) is 11.8 Å². The minimum absolute atomic E-state index is 0.0713. The van der Waals surface area contributed by atoms with E-state index in [1.165, 1.54) is 23.5 Å². The Morgan fingerprint density at radius 3 is 2.26 bits per heavy atom. The van der Waals surface area contributed by atoms with Gasteiger partial charge >= 0.3 is 6.18 Å². The molecule has 0 aliphatic carbocycles. The number of aryl methyl sites for hydroxylation is 2. The quantitative estimate of drug-likeness (QED) is 0.231. The van der Waals surface area contributed by atoms with Gasteiger partial charge in [0, 0.05) is 15.0 Å². The van der Waals surface area contributed by atoms with Crippen LogP contribution in [0.3, 0.4) is 0 Å². The molecule has 0 fully saturated rings. The van der Waals surface area contributed by atoms with Gasteiger partial charge in [-0.1, -0.05) is 38.1 Å². The first-order valence-corrected chi connectivity index (χ1v) is 13.6. The van der Waals surface area contributed by atoms with Crippen molar-refractivity contribution in [2.24, 2.45) is 5.41 Å². The number of H-pyrrole nitrogens is 1. The molecule has 0 radical (unpaired) electrons. The third-order valence-electron chi connectivity index (χ3n) is 5.95. The minimum atomic E-state index is -4.36. The zero-order valence-corrected chi connectivity index (χ0v) is 23.2. The number of thiophene rings is 1. The summed E-state index contributed by atoms with van der Waals surface area (Å²) in [6.45, 7) is 10.6. The van der Waals surface area contributed by atoms with E-state index in [9.17, 15) is 18.0 Å². The fraction of sp³-hybridized carbons (Fsp3) is 0.333. The monoisotopic (exact) mass is 559 g/mol. The topological polar surface area (TPSA) is 83.6 Å². The van der Waals surface area contributed by atoms with Crippen molar-refractivity contribution < 1.29 is 18.0 Å². The molecule has 0 unspecified atom stereocenters. The average molecular weight is 560 g/mol. The first kappa shape index (κ1) is 27.8. The molecule has 0 spiro atoms. The minimum Gasteiger partial charge on any atom is -0.344 e. The van der Waals surface area contributed by atoms with Crippen molar-refractivity contribution in [2.75, 3.05) is 0 Å². The highest BCUT2D eigenvalue weighted by Gasteiger charge is 2.31. The number of hydrogen-bond acceptors (Lipinski definition) is 6. The summed E-state index contributed by atoms with van der Waals surface area (Å²) in [6, 6.07) is 13.3. The van der Waals surface area contributed by atoms with Crippen LogP contribution in [-0.2, 0) is 12.7 Å². The van der Waals surface area contributed by atoms with E-state index >= 15 is 0 Å². The molecule has 0 saturated heterocycles. The smallest absolute Gasteiger partial charge is 0.344 e. The Morgan fingerprint density at radius 2 is 1.71 bits per heavy atom. The molecule has 0 bridgehead atoms. The van der Waals surface area contributed by atoms with Gasteiger partial charge in [-0.05, 0) is 77.9 Å². The normalized spacial score (nSPS) is 12.9. The second-order valence-corrected chi connectivity index (χ2v) is 12.4. The third kappa shape index (κ3) is 6.44. The lowest BCUT2D eigenvalue weighted by Crippen LogP contribution is -2.22. The summed E-state index contributed by atoms with van der Waals surface area (Å²) in [5, 5.41) is 16.4. The van der Waals surface area contributed by atoms with Crippen LogP contribution >= 0.6 is 23.1 Å². The number of rotatable bonds is 7. The molecule has 0 saturated carbocycles. The van der Waals surface area contributed by atoms with Gasteiger partial charge in [-0.3, -0.25) is 4.79 Å². The van der Waals surface area contributed by atoms with Crippen LogP contribution in [0.5, 0.6) is 0 Å². The predicted octanol–water partition coefficient (Wildman–Crippen LogP) is 7.37. The van der Waals surface area contributed by atoms with Crippen LogP contribution in [0.15, 0.2) is 53.4 Å². The van der Waals surface area contributed by atoms with Gasteiger partial charge in [-0.25, -0.2) is 0 Å². The molecule has 1 amide bonds. The fourth-order valence-electron chi connectivity index (χ4n) is 4.19. The Hall–Kier alpha value is -3.18. The van der Waals surface area contributed by atoms with Crippen LogP contribution in [-0.4, -0.2) is 26.5 Å². The Balaban J connectivity index is 1.55.